The van der Waals surface area contributed by atoms with E-state index >= 15 is 0 Å². The van der Waals surface area contributed by atoms with Gasteiger partial charge in [0, 0.05) is 12.2 Å². The van der Waals surface area contributed by atoms with Gasteiger partial charge in [0.05, 0.1) is 11.4 Å². The van der Waals surface area contributed by atoms with Gasteiger partial charge in [-0.15, -0.1) is 0 Å². The minimum Gasteiger partial charge on any atom is -0.383 e. The SMILES string of the molecule is O=S(=O)(O)CCCCNc1ccc(NC(c2ccccc2)C(F)(F)F)cc1F. The predicted molar refractivity (Wildman–Crippen MR) is 99.4 cm³/mol. The largest absolute Gasteiger partial charge is 0.412 e. The van der Waals surface area contributed by atoms with Crippen LogP contribution in [0.3, 0.4) is 0 Å². The molecular formula is C18H20F4N2O3S. The van der Waals surface area contributed by atoms with Crippen LogP contribution in [0.5, 0.6) is 0 Å². The van der Waals surface area contributed by atoms with E-state index in [9.17, 15) is 26.0 Å². The zero-order chi connectivity index (χ0) is 20.8. The van der Waals surface area contributed by atoms with Crippen molar-refractivity contribution < 1.29 is 30.5 Å². The van der Waals surface area contributed by atoms with Crippen LogP contribution in [0.15, 0.2) is 48.5 Å². The molecule has 5 nitrogen and oxygen atoms in total. The van der Waals surface area contributed by atoms with E-state index in [0.717, 1.165) is 6.07 Å². The standard InChI is InChI=1S/C18H20F4N2O3S/c19-15-12-14(8-9-16(15)23-10-4-5-11-28(25,26)27)24-17(18(20,21)22)13-6-2-1-3-7-13/h1-3,6-9,12,17,23-24H,4-5,10-11H2,(H,25,26,27). The summed E-state index contributed by atoms with van der Waals surface area (Å²) in [7, 11) is -4.03. The van der Waals surface area contributed by atoms with E-state index < -0.39 is 33.9 Å². The summed E-state index contributed by atoms with van der Waals surface area (Å²) < 4.78 is 84.1. The number of alkyl halides is 3. The second-order valence-corrected chi connectivity index (χ2v) is 7.72. The summed E-state index contributed by atoms with van der Waals surface area (Å²) in [6, 6.07) is 8.87. The molecule has 0 saturated heterocycles. The minimum absolute atomic E-state index is 0.0106. The maximum Gasteiger partial charge on any atom is 0.412 e. The maximum absolute atomic E-state index is 14.2. The van der Waals surface area contributed by atoms with Crippen molar-refractivity contribution in [1.29, 1.82) is 0 Å². The summed E-state index contributed by atoms with van der Waals surface area (Å²) in [5, 5.41) is 5.05. The van der Waals surface area contributed by atoms with Gasteiger partial charge in [0.1, 0.15) is 11.9 Å². The number of unbranched alkanes of at least 4 members (excludes halogenated alkanes) is 1. The van der Waals surface area contributed by atoms with Crippen LogP contribution in [0.25, 0.3) is 0 Å². The van der Waals surface area contributed by atoms with Crippen molar-refractivity contribution in [3.63, 3.8) is 0 Å². The third-order valence-corrected chi connectivity index (χ3v) is 4.69. The van der Waals surface area contributed by atoms with Gasteiger partial charge >= 0.3 is 6.18 Å². The van der Waals surface area contributed by atoms with Crippen molar-refractivity contribution in [2.45, 2.75) is 25.1 Å². The van der Waals surface area contributed by atoms with Crippen LogP contribution in [-0.4, -0.2) is 31.4 Å². The van der Waals surface area contributed by atoms with Gasteiger partial charge in [0.2, 0.25) is 0 Å². The first-order valence-electron chi connectivity index (χ1n) is 8.43. The Hall–Kier alpha value is -2.33. The Kier molecular flexibility index (Phi) is 7.25. The van der Waals surface area contributed by atoms with Crippen LogP contribution < -0.4 is 10.6 Å². The van der Waals surface area contributed by atoms with Crippen molar-refractivity contribution in [1.82, 2.24) is 0 Å². The first kappa shape index (κ1) is 22.0. The Morgan fingerprint density at radius 3 is 2.29 bits per heavy atom. The smallest absolute Gasteiger partial charge is 0.383 e. The highest BCUT2D eigenvalue weighted by Gasteiger charge is 2.40. The van der Waals surface area contributed by atoms with E-state index in [4.69, 9.17) is 4.55 Å². The lowest BCUT2D eigenvalue weighted by Gasteiger charge is -2.23. The molecule has 10 heteroatoms. The van der Waals surface area contributed by atoms with Crippen molar-refractivity contribution in [2.24, 2.45) is 0 Å². The van der Waals surface area contributed by atoms with Crippen molar-refractivity contribution >= 4 is 21.5 Å². The van der Waals surface area contributed by atoms with Crippen LogP contribution in [0.4, 0.5) is 28.9 Å². The van der Waals surface area contributed by atoms with Gasteiger partial charge in [-0.25, -0.2) is 4.39 Å². The summed E-state index contributed by atoms with van der Waals surface area (Å²) in [6.07, 6.45) is -4.01. The number of benzene rings is 2. The predicted octanol–water partition coefficient (Wildman–Crippen LogP) is 4.62. The van der Waals surface area contributed by atoms with E-state index in [0.29, 0.717) is 6.42 Å². The van der Waals surface area contributed by atoms with Crippen LogP contribution in [0.2, 0.25) is 0 Å². The highest BCUT2D eigenvalue weighted by atomic mass is 32.2. The van der Waals surface area contributed by atoms with Gasteiger partial charge in [-0.2, -0.15) is 21.6 Å². The third-order valence-electron chi connectivity index (χ3n) is 3.88. The molecule has 0 aliphatic carbocycles. The quantitative estimate of drug-likeness (QED) is 0.313. The van der Waals surface area contributed by atoms with Gasteiger partial charge in [-0.3, -0.25) is 4.55 Å². The molecule has 0 radical (unpaired) electrons. The second kappa shape index (κ2) is 9.24. The molecule has 0 fully saturated rings. The molecule has 0 aliphatic rings. The number of halogens is 4. The van der Waals surface area contributed by atoms with E-state index in [-0.39, 0.29) is 29.9 Å². The minimum atomic E-state index is -4.57. The fourth-order valence-corrected chi connectivity index (χ4v) is 3.12. The van der Waals surface area contributed by atoms with Crippen LogP contribution in [0, 0.1) is 5.82 Å². The fraction of sp³-hybridized carbons (Fsp3) is 0.333. The number of anilines is 2. The molecular weight excluding hydrogens is 400 g/mol. The normalized spacial score (nSPS) is 13.2. The molecule has 154 valence electrons. The molecule has 0 amide bonds. The Morgan fingerprint density at radius 1 is 1.04 bits per heavy atom. The summed E-state index contributed by atoms with van der Waals surface area (Å²) >= 11 is 0. The molecule has 0 bridgehead atoms. The average Bonchev–Trinajstić information content (AvgIpc) is 2.59. The molecule has 0 aromatic heterocycles. The molecule has 28 heavy (non-hydrogen) atoms. The van der Waals surface area contributed by atoms with Gasteiger partial charge in [-0.1, -0.05) is 30.3 Å². The van der Waals surface area contributed by atoms with Crippen molar-refractivity contribution in [2.75, 3.05) is 22.9 Å². The zero-order valence-corrected chi connectivity index (χ0v) is 15.5. The lowest BCUT2D eigenvalue weighted by atomic mass is 10.1. The molecule has 0 aliphatic heterocycles. The first-order valence-corrected chi connectivity index (χ1v) is 10.0. The van der Waals surface area contributed by atoms with Gasteiger partial charge < -0.3 is 10.6 Å². The zero-order valence-electron chi connectivity index (χ0n) is 14.7. The summed E-state index contributed by atoms with van der Waals surface area (Å²) in [5.74, 6) is -1.13. The highest BCUT2D eigenvalue weighted by Crippen LogP contribution is 2.36. The lowest BCUT2D eigenvalue weighted by Crippen LogP contribution is -2.27. The average molecular weight is 420 g/mol. The molecule has 1 atom stereocenters. The van der Waals surface area contributed by atoms with Crippen molar-refractivity contribution in [3.8, 4) is 0 Å². The molecule has 0 saturated carbocycles. The van der Waals surface area contributed by atoms with E-state index in [2.05, 4.69) is 10.6 Å². The molecule has 0 spiro atoms. The van der Waals surface area contributed by atoms with E-state index in [1.54, 1.807) is 6.07 Å². The third kappa shape index (κ3) is 7.01. The molecule has 3 N–H and O–H groups in total. The molecule has 2 aromatic rings. The Labute approximate surface area is 160 Å². The summed E-state index contributed by atoms with van der Waals surface area (Å²) in [6.45, 7) is 0.244. The van der Waals surface area contributed by atoms with Gasteiger partial charge in [0.15, 0.2) is 0 Å². The number of rotatable bonds is 9. The summed E-state index contributed by atoms with van der Waals surface area (Å²) in [5.41, 5.74) is 0.0673. The van der Waals surface area contributed by atoms with Crippen LogP contribution >= 0.6 is 0 Å². The topological polar surface area (TPSA) is 78.4 Å². The lowest BCUT2D eigenvalue weighted by molar-refractivity contribution is -0.144. The molecule has 2 aromatic carbocycles. The molecule has 2 rings (SSSR count). The van der Waals surface area contributed by atoms with Crippen LogP contribution in [0.1, 0.15) is 24.4 Å². The number of nitrogens with one attached hydrogen (secondary N) is 2. The first-order chi connectivity index (χ1) is 13.1. The Morgan fingerprint density at radius 2 is 1.71 bits per heavy atom. The van der Waals surface area contributed by atoms with Gasteiger partial charge in [-0.05, 0) is 36.6 Å². The van der Waals surface area contributed by atoms with Gasteiger partial charge in [0.25, 0.3) is 10.1 Å². The molecule has 0 heterocycles. The number of hydrogen-bond acceptors (Lipinski definition) is 4. The summed E-state index contributed by atoms with van der Waals surface area (Å²) in [4.78, 5) is 0. The second-order valence-electron chi connectivity index (χ2n) is 6.14. The molecule has 1 unspecified atom stereocenters. The fourth-order valence-electron chi connectivity index (χ4n) is 2.55. The number of hydrogen-bond donors (Lipinski definition) is 3. The van der Waals surface area contributed by atoms with E-state index in [1.807, 2.05) is 0 Å². The van der Waals surface area contributed by atoms with E-state index in [1.165, 1.54) is 36.4 Å². The highest BCUT2D eigenvalue weighted by molar-refractivity contribution is 7.85. The monoisotopic (exact) mass is 420 g/mol. The van der Waals surface area contributed by atoms with Crippen molar-refractivity contribution in [3.05, 3.63) is 59.9 Å². The Bertz CT molecular complexity index is 874. The van der Waals surface area contributed by atoms with Crippen LogP contribution in [-0.2, 0) is 10.1 Å². The maximum atomic E-state index is 14.2. The Balaban J connectivity index is 2.00.